The summed E-state index contributed by atoms with van der Waals surface area (Å²) in [4.78, 5) is 25.9. The van der Waals surface area contributed by atoms with E-state index in [-0.39, 0.29) is 41.3 Å². The lowest BCUT2D eigenvalue weighted by atomic mass is 9.84. The number of hydrogen-bond acceptors (Lipinski definition) is 4. The number of rotatable bonds is 1. The van der Waals surface area contributed by atoms with E-state index >= 15 is 0 Å². The van der Waals surface area contributed by atoms with Gasteiger partial charge in [-0.1, -0.05) is 20.8 Å². The van der Waals surface area contributed by atoms with E-state index in [1.807, 2.05) is 20.8 Å². The molecule has 20 heavy (non-hydrogen) atoms. The summed E-state index contributed by atoms with van der Waals surface area (Å²) in [6.45, 7) is 5.76. The number of piperazine rings is 1. The van der Waals surface area contributed by atoms with Crippen molar-refractivity contribution in [3.8, 4) is 0 Å². The van der Waals surface area contributed by atoms with E-state index in [2.05, 4.69) is 5.32 Å². The number of nitrogens with one attached hydrogen (secondary N) is 1. The molecule has 2 amide bonds. The van der Waals surface area contributed by atoms with Gasteiger partial charge >= 0.3 is 0 Å². The second-order valence-corrected chi connectivity index (χ2v) is 9.02. The second-order valence-electron chi connectivity index (χ2n) is 6.72. The maximum Gasteiger partial charge on any atom is 0.246 e. The van der Waals surface area contributed by atoms with E-state index < -0.39 is 15.9 Å². The topological polar surface area (TPSA) is 83.6 Å². The predicted octanol–water partition coefficient (Wildman–Crippen LogP) is -0.0633. The van der Waals surface area contributed by atoms with Gasteiger partial charge in [-0.25, -0.2) is 8.42 Å². The van der Waals surface area contributed by atoms with Crippen molar-refractivity contribution in [2.75, 3.05) is 18.1 Å². The van der Waals surface area contributed by atoms with Crippen LogP contribution in [0.2, 0.25) is 0 Å². The van der Waals surface area contributed by atoms with Gasteiger partial charge in [-0.3, -0.25) is 9.59 Å². The van der Waals surface area contributed by atoms with Crippen LogP contribution in [-0.4, -0.2) is 55.3 Å². The molecule has 1 N–H and O–H groups in total. The molecular weight excluding hydrogens is 280 g/mol. The monoisotopic (exact) mass is 302 g/mol. The molecule has 2 fully saturated rings. The minimum absolute atomic E-state index is 0.0378. The number of carbonyl (C=O) groups is 2. The number of carbonyl (C=O) groups excluding carboxylic acids is 2. The molecule has 2 aliphatic heterocycles. The molecule has 0 aliphatic carbocycles. The molecule has 1 atom stereocenters. The van der Waals surface area contributed by atoms with Crippen LogP contribution in [0.4, 0.5) is 0 Å². The maximum atomic E-state index is 12.5. The zero-order valence-corrected chi connectivity index (χ0v) is 13.0. The molecule has 2 heterocycles. The minimum atomic E-state index is -2.97. The Morgan fingerprint density at radius 2 is 1.70 bits per heavy atom. The number of hydrogen-bond donors (Lipinski definition) is 1. The van der Waals surface area contributed by atoms with Crippen molar-refractivity contribution >= 4 is 21.7 Å². The highest BCUT2D eigenvalue weighted by Gasteiger charge is 2.43. The van der Waals surface area contributed by atoms with Crippen LogP contribution in [0.5, 0.6) is 0 Å². The molecule has 0 aromatic carbocycles. The summed E-state index contributed by atoms with van der Waals surface area (Å²) in [6, 6.07) is -0.677. The summed E-state index contributed by atoms with van der Waals surface area (Å²) in [5.74, 6) is -0.0636. The van der Waals surface area contributed by atoms with Crippen molar-refractivity contribution in [1.29, 1.82) is 0 Å². The summed E-state index contributed by atoms with van der Waals surface area (Å²) < 4.78 is 22.9. The van der Waals surface area contributed by atoms with Gasteiger partial charge in [-0.2, -0.15) is 0 Å². The molecule has 0 spiro atoms. The average Bonchev–Trinajstić information content (AvgIpc) is 2.30. The zero-order chi connectivity index (χ0) is 15.1. The fourth-order valence-electron chi connectivity index (χ4n) is 2.75. The molecule has 0 saturated carbocycles. The number of amides is 2. The Kier molecular flexibility index (Phi) is 3.83. The summed E-state index contributed by atoms with van der Waals surface area (Å²) in [7, 11) is -2.97. The Morgan fingerprint density at radius 1 is 1.15 bits per heavy atom. The van der Waals surface area contributed by atoms with Gasteiger partial charge in [0.1, 0.15) is 15.9 Å². The smallest absolute Gasteiger partial charge is 0.246 e. The normalized spacial score (nSPS) is 28.4. The van der Waals surface area contributed by atoms with Crippen LogP contribution in [0.3, 0.4) is 0 Å². The van der Waals surface area contributed by atoms with Crippen LogP contribution in [0.15, 0.2) is 0 Å². The molecule has 1 unspecified atom stereocenters. The molecule has 7 heteroatoms. The molecule has 0 radical (unpaired) electrons. The van der Waals surface area contributed by atoms with Gasteiger partial charge < -0.3 is 10.2 Å². The van der Waals surface area contributed by atoms with E-state index in [4.69, 9.17) is 0 Å². The fraction of sp³-hybridized carbons (Fsp3) is 0.846. The van der Waals surface area contributed by atoms with Crippen LogP contribution in [0.1, 0.15) is 33.6 Å². The summed E-state index contributed by atoms with van der Waals surface area (Å²) >= 11 is 0. The summed E-state index contributed by atoms with van der Waals surface area (Å²) in [5, 5.41) is 2.74. The first-order valence-corrected chi connectivity index (χ1v) is 8.72. The SMILES string of the molecule is CC(C)(C)C1NC(=O)CN(C2CCS(=O)(=O)CC2)C1=O. The zero-order valence-electron chi connectivity index (χ0n) is 12.2. The van der Waals surface area contributed by atoms with Crippen molar-refractivity contribution in [2.24, 2.45) is 5.41 Å². The van der Waals surface area contributed by atoms with Gasteiger partial charge in [0.25, 0.3) is 0 Å². The van der Waals surface area contributed by atoms with Crippen molar-refractivity contribution in [3.05, 3.63) is 0 Å². The lowest BCUT2D eigenvalue weighted by Gasteiger charge is -2.43. The molecule has 2 saturated heterocycles. The molecule has 6 nitrogen and oxygen atoms in total. The van der Waals surface area contributed by atoms with Crippen molar-refractivity contribution < 1.29 is 18.0 Å². The maximum absolute atomic E-state index is 12.5. The van der Waals surface area contributed by atoms with Crippen LogP contribution in [0.25, 0.3) is 0 Å². The largest absolute Gasteiger partial charge is 0.342 e. The molecule has 2 rings (SSSR count). The summed E-state index contributed by atoms with van der Waals surface area (Å²) in [5.41, 5.74) is -0.355. The molecule has 2 aliphatic rings. The average molecular weight is 302 g/mol. The highest BCUT2D eigenvalue weighted by molar-refractivity contribution is 7.91. The number of sulfone groups is 1. The van der Waals surface area contributed by atoms with Crippen molar-refractivity contribution in [1.82, 2.24) is 10.2 Å². The van der Waals surface area contributed by atoms with Gasteiger partial charge in [0.05, 0.1) is 18.1 Å². The first kappa shape index (κ1) is 15.3. The second kappa shape index (κ2) is 5.02. The van der Waals surface area contributed by atoms with Crippen LogP contribution in [0, 0.1) is 5.41 Å². The van der Waals surface area contributed by atoms with E-state index in [0.717, 1.165) is 0 Å². The quantitative estimate of drug-likeness (QED) is 0.735. The predicted molar refractivity (Wildman–Crippen MR) is 74.8 cm³/mol. The minimum Gasteiger partial charge on any atom is -0.342 e. The standard InChI is InChI=1S/C13H22N2O4S/c1-13(2,3)11-12(17)15(8-10(16)14-11)9-4-6-20(18,19)7-5-9/h9,11H,4-8H2,1-3H3,(H,14,16). The van der Waals surface area contributed by atoms with Gasteiger partial charge in [-0.05, 0) is 18.3 Å². The van der Waals surface area contributed by atoms with E-state index in [0.29, 0.717) is 12.8 Å². The molecule has 114 valence electrons. The van der Waals surface area contributed by atoms with Crippen LogP contribution < -0.4 is 5.32 Å². The number of nitrogens with zero attached hydrogens (tertiary/aromatic N) is 1. The van der Waals surface area contributed by atoms with E-state index in [1.165, 1.54) is 0 Å². The third kappa shape index (κ3) is 3.13. The first-order valence-electron chi connectivity index (χ1n) is 6.90. The lowest BCUT2D eigenvalue weighted by molar-refractivity contribution is -0.150. The molecular formula is C13H22N2O4S. The van der Waals surface area contributed by atoms with Gasteiger partial charge in [0.2, 0.25) is 11.8 Å². The Morgan fingerprint density at radius 3 is 2.20 bits per heavy atom. The summed E-state index contributed by atoms with van der Waals surface area (Å²) in [6.07, 6.45) is 0.858. The van der Waals surface area contributed by atoms with Crippen LogP contribution >= 0.6 is 0 Å². The fourth-order valence-corrected chi connectivity index (χ4v) is 4.22. The van der Waals surface area contributed by atoms with Crippen LogP contribution in [-0.2, 0) is 19.4 Å². The van der Waals surface area contributed by atoms with Gasteiger partial charge in [-0.15, -0.1) is 0 Å². The van der Waals surface area contributed by atoms with E-state index in [1.54, 1.807) is 4.90 Å². The third-order valence-corrected chi connectivity index (χ3v) is 5.70. The molecule has 0 aromatic heterocycles. The Balaban J connectivity index is 2.15. The third-order valence-electron chi connectivity index (χ3n) is 3.98. The molecule has 0 bridgehead atoms. The lowest BCUT2D eigenvalue weighted by Crippen LogP contribution is -2.64. The van der Waals surface area contributed by atoms with Gasteiger partial charge in [0, 0.05) is 6.04 Å². The highest BCUT2D eigenvalue weighted by atomic mass is 32.2. The Labute approximate surface area is 119 Å². The van der Waals surface area contributed by atoms with Crippen molar-refractivity contribution in [2.45, 2.75) is 45.7 Å². The van der Waals surface area contributed by atoms with Crippen molar-refractivity contribution in [3.63, 3.8) is 0 Å². The Hall–Kier alpha value is -1.11. The van der Waals surface area contributed by atoms with Gasteiger partial charge in [0.15, 0.2) is 0 Å². The highest BCUT2D eigenvalue weighted by Crippen LogP contribution is 2.27. The first-order chi connectivity index (χ1) is 9.10. The Bertz CT molecular complexity index is 507. The van der Waals surface area contributed by atoms with E-state index in [9.17, 15) is 18.0 Å². The molecule has 0 aromatic rings.